The normalized spacial score (nSPS) is 10.6. The summed E-state index contributed by atoms with van der Waals surface area (Å²) in [5.41, 5.74) is 12.7. The standard InChI is InChI=1S/C12H19N3O/c1-2-7-15(9-12(14)16)8-10-3-5-11(13)6-4-10/h3-6H,2,7-9,13H2,1H3,(H2,14,16). The Morgan fingerprint density at radius 1 is 1.31 bits per heavy atom. The van der Waals surface area contributed by atoms with Crippen LogP contribution in [0.3, 0.4) is 0 Å². The molecule has 0 bridgehead atoms. The summed E-state index contributed by atoms with van der Waals surface area (Å²) >= 11 is 0. The van der Waals surface area contributed by atoms with Crippen molar-refractivity contribution in [3.8, 4) is 0 Å². The average Bonchev–Trinajstić information content (AvgIpc) is 2.21. The van der Waals surface area contributed by atoms with Crippen LogP contribution in [-0.2, 0) is 11.3 Å². The van der Waals surface area contributed by atoms with Gasteiger partial charge in [0.15, 0.2) is 0 Å². The number of anilines is 1. The van der Waals surface area contributed by atoms with Crippen LogP contribution in [-0.4, -0.2) is 23.9 Å². The third-order valence-corrected chi connectivity index (χ3v) is 2.31. The van der Waals surface area contributed by atoms with Crippen LogP contribution in [0.2, 0.25) is 0 Å². The Hall–Kier alpha value is -1.55. The van der Waals surface area contributed by atoms with Gasteiger partial charge in [-0.15, -0.1) is 0 Å². The SMILES string of the molecule is CCCN(CC(N)=O)Cc1ccc(N)cc1. The quantitative estimate of drug-likeness (QED) is 0.703. The number of nitrogen functional groups attached to an aromatic ring is 1. The Morgan fingerprint density at radius 2 is 1.94 bits per heavy atom. The molecule has 0 saturated carbocycles. The van der Waals surface area contributed by atoms with E-state index >= 15 is 0 Å². The maximum absolute atomic E-state index is 10.9. The third kappa shape index (κ3) is 4.31. The van der Waals surface area contributed by atoms with E-state index in [2.05, 4.69) is 6.92 Å². The second-order valence-corrected chi connectivity index (χ2v) is 3.92. The molecular formula is C12H19N3O. The summed E-state index contributed by atoms with van der Waals surface area (Å²) in [6.45, 7) is 3.99. The molecule has 1 aromatic carbocycles. The predicted octanol–water partition coefficient (Wildman–Crippen LogP) is 0.966. The lowest BCUT2D eigenvalue weighted by molar-refractivity contribution is -0.119. The molecule has 0 aliphatic rings. The first-order chi connectivity index (χ1) is 7.61. The van der Waals surface area contributed by atoms with Crippen molar-refractivity contribution in [1.29, 1.82) is 0 Å². The molecule has 0 heterocycles. The van der Waals surface area contributed by atoms with Gasteiger partial charge < -0.3 is 11.5 Å². The fourth-order valence-electron chi connectivity index (χ4n) is 1.63. The highest BCUT2D eigenvalue weighted by Crippen LogP contribution is 2.08. The van der Waals surface area contributed by atoms with Crippen molar-refractivity contribution in [2.75, 3.05) is 18.8 Å². The Balaban J connectivity index is 2.59. The molecule has 4 N–H and O–H groups in total. The molecule has 0 fully saturated rings. The summed E-state index contributed by atoms with van der Waals surface area (Å²) < 4.78 is 0. The Bertz CT molecular complexity index is 335. The number of nitrogens with zero attached hydrogens (tertiary/aromatic N) is 1. The fraction of sp³-hybridized carbons (Fsp3) is 0.417. The third-order valence-electron chi connectivity index (χ3n) is 2.31. The van der Waals surface area contributed by atoms with E-state index < -0.39 is 0 Å². The fourth-order valence-corrected chi connectivity index (χ4v) is 1.63. The molecule has 4 nitrogen and oxygen atoms in total. The molecule has 0 aliphatic heterocycles. The van der Waals surface area contributed by atoms with Gasteiger partial charge in [-0.2, -0.15) is 0 Å². The first kappa shape index (κ1) is 12.5. The molecule has 0 atom stereocenters. The molecule has 16 heavy (non-hydrogen) atoms. The Morgan fingerprint density at radius 3 is 2.44 bits per heavy atom. The van der Waals surface area contributed by atoms with Gasteiger partial charge in [0.1, 0.15) is 0 Å². The minimum atomic E-state index is -0.288. The van der Waals surface area contributed by atoms with Crippen LogP contribution in [0.1, 0.15) is 18.9 Å². The lowest BCUT2D eigenvalue weighted by Crippen LogP contribution is -2.33. The topological polar surface area (TPSA) is 72.3 Å². The molecule has 0 spiro atoms. The number of carbonyl (C=O) groups excluding carboxylic acids is 1. The highest BCUT2D eigenvalue weighted by atomic mass is 16.1. The molecule has 1 amide bonds. The summed E-state index contributed by atoms with van der Waals surface area (Å²) in [5.74, 6) is -0.288. The van der Waals surface area contributed by atoms with Crippen molar-refractivity contribution < 1.29 is 4.79 Å². The van der Waals surface area contributed by atoms with E-state index in [0.717, 1.165) is 30.8 Å². The molecule has 0 saturated heterocycles. The average molecular weight is 221 g/mol. The second-order valence-electron chi connectivity index (χ2n) is 3.92. The lowest BCUT2D eigenvalue weighted by atomic mass is 10.2. The number of nitrogens with two attached hydrogens (primary N) is 2. The van der Waals surface area contributed by atoms with Crippen molar-refractivity contribution in [1.82, 2.24) is 4.90 Å². The second kappa shape index (κ2) is 6.12. The zero-order chi connectivity index (χ0) is 12.0. The number of amides is 1. The number of benzene rings is 1. The van der Waals surface area contributed by atoms with Crippen LogP contribution in [0, 0.1) is 0 Å². The van der Waals surface area contributed by atoms with Gasteiger partial charge in [-0.05, 0) is 30.7 Å². The predicted molar refractivity (Wildman–Crippen MR) is 65.6 cm³/mol. The van der Waals surface area contributed by atoms with Crippen LogP contribution in [0.15, 0.2) is 24.3 Å². The van der Waals surface area contributed by atoms with Crippen molar-refractivity contribution in [2.45, 2.75) is 19.9 Å². The highest BCUT2D eigenvalue weighted by molar-refractivity contribution is 5.75. The van der Waals surface area contributed by atoms with Crippen molar-refractivity contribution >= 4 is 11.6 Å². The number of primary amides is 1. The molecule has 4 heteroatoms. The van der Waals surface area contributed by atoms with Crippen LogP contribution in [0.25, 0.3) is 0 Å². The molecule has 0 aromatic heterocycles. The largest absolute Gasteiger partial charge is 0.399 e. The van der Waals surface area contributed by atoms with E-state index in [1.54, 1.807) is 0 Å². The van der Waals surface area contributed by atoms with Crippen LogP contribution < -0.4 is 11.5 Å². The number of rotatable bonds is 6. The maximum Gasteiger partial charge on any atom is 0.231 e. The minimum Gasteiger partial charge on any atom is -0.399 e. The summed E-state index contributed by atoms with van der Waals surface area (Å²) in [6.07, 6.45) is 1.00. The van der Waals surface area contributed by atoms with E-state index in [0.29, 0.717) is 6.54 Å². The lowest BCUT2D eigenvalue weighted by Gasteiger charge is -2.19. The smallest absolute Gasteiger partial charge is 0.231 e. The van der Waals surface area contributed by atoms with E-state index in [-0.39, 0.29) is 5.91 Å². The van der Waals surface area contributed by atoms with Crippen molar-refractivity contribution in [2.24, 2.45) is 5.73 Å². The Labute approximate surface area is 96.2 Å². The monoisotopic (exact) mass is 221 g/mol. The number of hydrogen-bond donors (Lipinski definition) is 2. The van der Waals surface area contributed by atoms with Gasteiger partial charge in [0.2, 0.25) is 5.91 Å². The van der Waals surface area contributed by atoms with Gasteiger partial charge in [-0.1, -0.05) is 19.1 Å². The van der Waals surface area contributed by atoms with Gasteiger partial charge >= 0.3 is 0 Å². The van der Waals surface area contributed by atoms with Gasteiger partial charge in [0, 0.05) is 12.2 Å². The van der Waals surface area contributed by atoms with Gasteiger partial charge in [-0.25, -0.2) is 0 Å². The summed E-state index contributed by atoms with van der Waals surface area (Å²) in [6, 6.07) is 7.67. The van der Waals surface area contributed by atoms with Crippen LogP contribution in [0.4, 0.5) is 5.69 Å². The molecule has 1 rings (SSSR count). The molecular weight excluding hydrogens is 202 g/mol. The Kier molecular flexibility index (Phi) is 4.79. The zero-order valence-electron chi connectivity index (χ0n) is 9.65. The molecule has 88 valence electrons. The molecule has 0 radical (unpaired) electrons. The summed E-state index contributed by atoms with van der Waals surface area (Å²) in [4.78, 5) is 12.9. The first-order valence-corrected chi connectivity index (χ1v) is 5.47. The van der Waals surface area contributed by atoms with Crippen molar-refractivity contribution in [3.63, 3.8) is 0 Å². The van der Waals surface area contributed by atoms with Gasteiger partial charge in [-0.3, -0.25) is 9.69 Å². The number of carbonyl (C=O) groups is 1. The first-order valence-electron chi connectivity index (χ1n) is 5.47. The van der Waals surface area contributed by atoms with Crippen LogP contribution in [0.5, 0.6) is 0 Å². The molecule has 1 aromatic rings. The summed E-state index contributed by atoms with van der Waals surface area (Å²) in [5, 5.41) is 0. The maximum atomic E-state index is 10.9. The minimum absolute atomic E-state index is 0.288. The summed E-state index contributed by atoms with van der Waals surface area (Å²) in [7, 11) is 0. The van der Waals surface area contributed by atoms with Crippen molar-refractivity contribution in [3.05, 3.63) is 29.8 Å². The van der Waals surface area contributed by atoms with Gasteiger partial charge in [0.05, 0.1) is 6.54 Å². The zero-order valence-corrected chi connectivity index (χ0v) is 9.65. The number of hydrogen-bond acceptors (Lipinski definition) is 3. The van der Waals surface area contributed by atoms with Gasteiger partial charge in [0.25, 0.3) is 0 Å². The van der Waals surface area contributed by atoms with Crippen LogP contribution >= 0.6 is 0 Å². The molecule has 0 unspecified atom stereocenters. The van der Waals surface area contributed by atoms with E-state index in [1.165, 1.54) is 0 Å². The highest BCUT2D eigenvalue weighted by Gasteiger charge is 2.07. The molecule has 0 aliphatic carbocycles. The van der Waals surface area contributed by atoms with E-state index in [4.69, 9.17) is 11.5 Å². The van der Waals surface area contributed by atoms with E-state index in [9.17, 15) is 4.79 Å². The van der Waals surface area contributed by atoms with E-state index in [1.807, 2.05) is 29.2 Å².